The van der Waals surface area contributed by atoms with Crippen molar-refractivity contribution in [3.05, 3.63) is 33.0 Å². The lowest BCUT2D eigenvalue weighted by atomic mass is 10.3. The third-order valence-corrected chi connectivity index (χ3v) is 2.67. The van der Waals surface area contributed by atoms with E-state index < -0.39 is 11.2 Å². The summed E-state index contributed by atoms with van der Waals surface area (Å²) in [4.78, 5) is 29.1. The zero-order valence-corrected chi connectivity index (χ0v) is 10.7. The molecule has 0 spiro atoms. The van der Waals surface area contributed by atoms with E-state index in [4.69, 9.17) is 5.73 Å². The van der Waals surface area contributed by atoms with Gasteiger partial charge in [-0.1, -0.05) is 0 Å². The Morgan fingerprint density at radius 1 is 1.42 bits per heavy atom. The van der Waals surface area contributed by atoms with Crippen LogP contribution in [0.2, 0.25) is 0 Å². The van der Waals surface area contributed by atoms with Crippen molar-refractivity contribution >= 4 is 11.5 Å². The molecule has 9 heteroatoms. The van der Waals surface area contributed by atoms with E-state index >= 15 is 0 Å². The van der Waals surface area contributed by atoms with Gasteiger partial charge in [0.05, 0.1) is 0 Å². The van der Waals surface area contributed by atoms with Gasteiger partial charge in [0.15, 0.2) is 5.82 Å². The molecule has 0 aliphatic carbocycles. The molecule has 19 heavy (non-hydrogen) atoms. The van der Waals surface area contributed by atoms with Crippen LogP contribution in [0.25, 0.3) is 0 Å². The second-order valence-electron chi connectivity index (χ2n) is 4.09. The van der Waals surface area contributed by atoms with Gasteiger partial charge < -0.3 is 11.1 Å². The molecular weight excluding hydrogens is 250 g/mol. The number of nitrogens with two attached hydrogens (primary N) is 1. The van der Waals surface area contributed by atoms with Crippen LogP contribution < -0.4 is 22.3 Å². The van der Waals surface area contributed by atoms with E-state index in [1.165, 1.54) is 11.6 Å². The molecule has 0 atom stereocenters. The number of rotatable bonds is 4. The maximum atomic E-state index is 11.6. The molecule has 2 rings (SSSR count). The summed E-state index contributed by atoms with van der Waals surface area (Å²) in [6.45, 7) is 0.440. The fourth-order valence-electron chi connectivity index (χ4n) is 1.61. The highest BCUT2D eigenvalue weighted by Gasteiger charge is 2.09. The zero-order chi connectivity index (χ0) is 14.0. The molecule has 0 saturated heterocycles. The number of H-pyrrole nitrogens is 1. The number of hydrogen-bond acceptors (Lipinski definition) is 6. The van der Waals surface area contributed by atoms with Gasteiger partial charge in [0.1, 0.15) is 17.8 Å². The van der Waals surface area contributed by atoms with Gasteiger partial charge in [-0.05, 0) is 0 Å². The van der Waals surface area contributed by atoms with Gasteiger partial charge in [0, 0.05) is 27.1 Å². The van der Waals surface area contributed by atoms with Crippen molar-refractivity contribution in [1.82, 2.24) is 24.3 Å². The van der Waals surface area contributed by atoms with Crippen LogP contribution >= 0.6 is 0 Å². The van der Waals surface area contributed by atoms with E-state index in [9.17, 15) is 9.59 Å². The number of nitrogen functional groups attached to an aromatic ring is 1. The molecule has 0 bridgehead atoms. The molecule has 0 saturated carbocycles. The molecule has 2 heterocycles. The molecule has 2 aromatic rings. The maximum absolute atomic E-state index is 11.6. The molecular formula is C10H15N7O2. The van der Waals surface area contributed by atoms with Crippen molar-refractivity contribution in [3.63, 3.8) is 0 Å². The molecule has 9 nitrogen and oxygen atoms in total. The summed E-state index contributed by atoms with van der Waals surface area (Å²) >= 11 is 0. The third-order valence-electron chi connectivity index (χ3n) is 2.67. The zero-order valence-electron chi connectivity index (χ0n) is 10.7. The lowest BCUT2D eigenvalue weighted by Crippen LogP contribution is -2.32. The van der Waals surface area contributed by atoms with Gasteiger partial charge >= 0.3 is 5.69 Å². The predicted octanol–water partition coefficient (Wildman–Crippen LogP) is -1.56. The fraction of sp³-hybridized carbons (Fsp3) is 0.400. The Labute approximate surface area is 108 Å². The minimum atomic E-state index is -0.542. The van der Waals surface area contributed by atoms with Crippen LogP contribution in [0.1, 0.15) is 5.82 Å². The van der Waals surface area contributed by atoms with Crippen LogP contribution in [0.3, 0.4) is 0 Å². The summed E-state index contributed by atoms with van der Waals surface area (Å²) in [5.74, 6) is 0.762. The quantitative estimate of drug-likeness (QED) is 0.614. The van der Waals surface area contributed by atoms with Crippen molar-refractivity contribution in [3.8, 4) is 0 Å². The van der Waals surface area contributed by atoms with E-state index in [2.05, 4.69) is 20.4 Å². The summed E-state index contributed by atoms with van der Waals surface area (Å²) in [5.41, 5.74) is 4.82. The van der Waals surface area contributed by atoms with Gasteiger partial charge in [-0.15, -0.1) is 0 Å². The first-order valence-electron chi connectivity index (χ1n) is 5.66. The minimum Gasteiger partial charge on any atom is -0.383 e. The number of nitrogens with zero attached hydrogens (tertiary/aromatic N) is 4. The molecule has 2 aromatic heterocycles. The second-order valence-corrected chi connectivity index (χ2v) is 4.09. The van der Waals surface area contributed by atoms with E-state index in [0.717, 1.165) is 0 Å². The third kappa shape index (κ3) is 2.64. The Balaban J connectivity index is 2.10. The molecule has 0 amide bonds. The molecule has 0 radical (unpaired) electrons. The Morgan fingerprint density at radius 3 is 2.79 bits per heavy atom. The highest BCUT2D eigenvalue weighted by molar-refractivity contribution is 5.60. The topological polar surface area (TPSA) is 124 Å². The van der Waals surface area contributed by atoms with Crippen LogP contribution in [0.5, 0.6) is 0 Å². The van der Waals surface area contributed by atoms with E-state index in [-0.39, 0.29) is 11.5 Å². The molecule has 0 aliphatic rings. The highest BCUT2D eigenvalue weighted by Crippen LogP contribution is 2.07. The largest absolute Gasteiger partial charge is 0.383 e. The average Bonchev–Trinajstić information content (AvgIpc) is 2.77. The molecule has 0 unspecified atom stereocenters. The number of aromatic nitrogens is 5. The highest BCUT2D eigenvalue weighted by atomic mass is 16.2. The standard InChI is InChI=1S/C10H15N7O2/c1-16-5-13-6(15-16)3-4-12-7-8(11)17(2)10(19)14-9(7)18/h5,12H,3-4,11H2,1-2H3,(H,14,18,19). The summed E-state index contributed by atoms with van der Waals surface area (Å²) in [5, 5.41) is 7.00. The average molecular weight is 265 g/mol. The van der Waals surface area contributed by atoms with Crippen LogP contribution in [0.15, 0.2) is 15.9 Å². The Morgan fingerprint density at radius 2 is 2.16 bits per heavy atom. The van der Waals surface area contributed by atoms with E-state index in [0.29, 0.717) is 18.8 Å². The van der Waals surface area contributed by atoms with Crippen molar-refractivity contribution in [2.45, 2.75) is 6.42 Å². The van der Waals surface area contributed by atoms with Crippen LogP contribution in [-0.4, -0.2) is 30.9 Å². The normalized spacial score (nSPS) is 10.6. The Bertz CT molecular complexity index is 697. The van der Waals surface area contributed by atoms with Gasteiger partial charge in [0.2, 0.25) is 0 Å². The number of aryl methyl sites for hydroxylation is 1. The Kier molecular flexibility index (Phi) is 3.36. The van der Waals surface area contributed by atoms with Crippen LogP contribution in [-0.2, 0) is 20.5 Å². The fourth-order valence-corrected chi connectivity index (χ4v) is 1.61. The smallest absolute Gasteiger partial charge is 0.329 e. The second kappa shape index (κ2) is 4.96. The lowest BCUT2D eigenvalue weighted by molar-refractivity contribution is 0.741. The van der Waals surface area contributed by atoms with Gasteiger partial charge in [-0.3, -0.25) is 19.0 Å². The molecule has 0 aliphatic heterocycles. The number of nitrogens with one attached hydrogen (secondary N) is 2. The first-order valence-corrected chi connectivity index (χ1v) is 5.66. The van der Waals surface area contributed by atoms with Crippen molar-refractivity contribution in [1.29, 1.82) is 0 Å². The number of hydrogen-bond donors (Lipinski definition) is 3. The summed E-state index contributed by atoms with van der Waals surface area (Å²) in [7, 11) is 3.26. The Hall–Kier alpha value is -2.58. The van der Waals surface area contributed by atoms with Gasteiger partial charge in [-0.25, -0.2) is 9.78 Å². The van der Waals surface area contributed by atoms with E-state index in [1.54, 1.807) is 18.1 Å². The molecule has 4 N–H and O–H groups in total. The molecule has 0 aromatic carbocycles. The van der Waals surface area contributed by atoms with Crippen LogP contribution in [0.4, 0.5) is 11.5 Å². The molecule has 0 fully saturated rings. The van der Waals surface area contributed by atoms with Crippen LogP contribution in [0, 0.1) is 0 Å². The number of aromatic amines is 1. The first kappa shape index (κ1) is 12.9. The monoisotopic (exact) mass is 265 g/mol. The first-order chi connectivity index (χ1) is 8.99. The van der Waals surface area contributed by atoms with Crippen molar-refractivity contribution < 1.29 is 0 Å². The minimum absolute atomic E-state index is 0.0998. The maximum Gasteiger partial charge on any atom is 0.329 e. The van der Waals surface area contributed by atoms with Crippen molar-refractivity contribution in [2.24, 2.45) is 14.1 Å². The summed E-state index contributed by atoms with van der Waals surface area (Å²) in [6.07, 6.45) is 2.14. The summed E-state index contributed by atoms with van der Waals surface area (Å²) in [6, 6.07) is 0. The predicted molar refractivity (Wildman–Crippen MR) is 69.9 cm³/mol. The lowest BCUT2D eigenvalue weighted by Gasteiger charge is -2.09. The van der Waals surface area contributed by atoms with Gasteiger partial charge in [-0.2, -0.15) is 5.10 Å². The van der Waals surface area contributed by atoms with Gasteiger partial charge in [0.25, 0.3) is 5.56 Å². The number of anilines is 2. The van der Waals surface area contributed by atoms with E-state index in [1.807, 2.05) is 0 Å². The van der Waals surface area contributed by atoms with Crippen molar-refractivity contribution in [2.75, 3.05) is 17.6 Å². The molecule has 102 valence electrons. The summed E-state index contributed by atoms with van der Waals surface area (Å²) < 4.78 is 2.77. The SMILES string of the molecule is Cn1cnc(CCNc2c(N)n(C)c(=O)[nH]c2=O)n1.